The molecule has 9 rings (SSSR count). The molecule has 89 heavy (non-hydrogen) atoms. The van der Waals surface area contributed by atoms with Crippen molar-refractivity contribution in [3.63, 3.8) is 0 Å². The van der Waals surface area contributed by atoms with Gasteiger partial charge in [-0.2, -0.15) is 0 Å². The third kappa shape index (κ3) is 15.9. The number of nitrogens with one attached hydrogen (secondary N) is 3. The molecule has 8 amide bonds. The van der Waals surface area contributed by atoms with Crippen LogP contribution in [0.1, 0.15) is 109 Å². The van der Waals surface area contributed by atoms with Crippen LogP contribution in [0.25, 0.3) is 0 Å². The number of fused-ring (bicyclic) bond motifs is 4. The fourth-order valence-corrected chi connectivity index (χ4v) is 11.4. The summed E-state index contributed by atoms with van der Waals surface area (Å²) in [6, 6.07) is 19.0. The van der Waals surface area contributed by atoms with Gasteiger partial charge < -0.3 is 60.3 Å². The van der Waals surface area contributed by atoms with Gasteiger partial charge in [-0.15, -0.1) is 0 Å². The number of aliphatic imine (C=N–C) groups is 1. The summed E-state index contributed by atoms with van der Waals surface area (Å²) in [6.07, 6.45) is 7.74. The average molecular weight is 1220 g/mol. The molecule has 5 atom stereocenters. The molecule has 5 heterocycles. The topological polar surface area (TPSA) is 290 Å². The quantitative estimate of drug-likeness (QED) is 0.0212. The van der Waals surface area contributed by atoms with Gasteiger partial charge in [0.1, 0.15) is 18.7 Å². The summed E-state index contributed by atoms with van der Waals surface area (Å²) >= 11 is 0. The number of carbonyl (C=O) groups excluding carboxylic acids is 8. The van der Waals surface area contributed by atoms with Gasteiger partial charge in [0.05, 0.1) is 62.0 Å². The largest absolute Gasteiger partial charge is 0.493 e. The molecule has 23 heteroatoms. The minimum Gasteiger partial charge on any atom is -0.493 e. The first-order chi connectivity index (χ1) is 43.0. The fraction of sp³-hybridized carbons (Fsp3) is 0.409. The first-order valence-electron chi connectivity index (χ1n) is 30.1. The van der Waals surface area contributed by atoms with E-state index in [0.717, 1.165) is 20.9 Å². The standard InChI is InChI=1S/C66H77N9O14/c1-41-30-46-37-68-50-35-56(54(85-3)33-47(50)63(81)73(46)38-41)87-28-14-7-15-29-88-57-36-52-48(34-55(57)86-4)64(82)74-39-42(2)31-53(74)65(83)75(52)66(84)89-40-44-20-22-45(23-21-44)69-61(79)49(18-11-12-26-67)71-62(80)51(32-43-16-8-5-9-17-43)70-58(76)19-10-6-13-27-72-59(77)24-25-60(72)78/h5,8-9,16-17,20-25,33-37,46,49,51,53,65,83H,1-2,6-7,10-15,18-19,26-32,38-40,67H2,3-4H3,(H,69,79)(H,70,76)(H,71,80)/t46-,49-,51-,53-,65-/m0/s1. The number of methoxy groups -OCH3 is 2. The Morgan fingerprint density at radius 1 is 0.697 bits per heavy atom. The number of hydrogen-bond acceptors (Lipinski definition) is 16. The number of rotatable bonds is 29. The minimum absolute atomic E-state index is 0.0565. The maximum Gasteiger partial charge on any atom is 0.416 e. The van der Waals surface area contributed by atoms with Crippen molar-refractivity contribution in [1.29, 1.82) is 0 Å². The molecular weight excluding hydrogens is 1140 g/mol. The van der Waals surface area contributed by atoms with Crippen molar-refractivity contribution in [2.24, 2.45) is 10.7 Å². The lowest BCUT2D eigenvalue weighted by Crippen LogP contribution is -2.53. The molecular formula is C66H77N9O14. The molecule has 0 radical (unpaired) electrons. The van der Waals surface area contributed by atoms with E-state index >= 15 is 0 Å². The number of nitrogens with two attached hydrogens (primary N) is 1. The van der Waals surface area contributed by atoms with E-state index in [9.17, 15) is 43.5 Å². The Balaban J connectivity index is 0.802. The second-order valence-corrected chi connectivity index (χ2v) is 22.6. The number of carbonyl (C=O) groups is 8. The van der Waals surface area contributed by atoms with Crippen LogP contribution in [0.2, 0.25) is 0 Å². The van der Waals surface area contributed by atoms with Crippen LogP contribution in [-0.2, 0) is 41.7 Å². The number of unbranched alkanes of at least 4 members (excludes halogenated alkanes) is 5. The molecule has 2 saturated heterocycles. The Morgan fingerprint density at radius 2 is 1.35 bits per heavy atom. The first kappa shape index (κ1) is 64.1. The first-order valence-corrected chi connectivity index (χ1v) is 30.1. The van der Waals surface area contributed by atoms with Gasteiger partial charge in [0.15, 0.2) is 29.2 Å². The summed E-state index contributed by atoms with van der Waals surface area (Å²) < 4.78 is 29.6. The van der Waals surface area contributed by atoms with Crippen LogP contribution in [0.5, 0.6) is 23.0 Å². The molecule has 6 N–H and O–H groups in total. The van der Waals surface area contributed by atoms with Gasteiger partial charge in [0, 0.05) is 68.7 Å². The van der Waals surface area contributed by atoms with Gasteiger partial charge >= 0.3 is 6.09 Å². The normalized spacial score (nSPS) is 18.1. The number of amides is 8. The molecule has 5 aliphatic heterocycles. The Labute approximate surface area is 516 Å². The van der Waals surface area contributed by atoms with Crippen molar-refractivity contribution < 1.29 is 67.1 Å². The maximum absolute atomic E-state index is 14.3. The Morgan fingerprint density at radius 3 is 2.04 bits per heavy atom. The highest BCUT2D eigenvalue weighted by molar-refractivity contribution is 6.13. The predicted octanol–water partition coefficient (Wildman–Crippen LogP) is 6.83. The van der Waals surface area contributed by atoms with Crippen LogP contribution >= 0.6 is 0 Å². The Hall–Kier alpha value is -9.35. The number of ether oxygens (including phenoxy) is 5. The second-order valence-electron chi connectivity index (χ2n) is 22.6. The number of aliphatic hydroxyl groups is 1. The zero-order valence-corrected chi connectivity index (χ0v) is 50.2. The van der Waals surface area contributed by atoms with Crippen molar-refractivity contribution in [3.8, 4) is 23.0 Å². The number of imide groups is 1. The van der Waals surface area contributed by atoms with Crippen molar-refractivity contribution in [1.82, 2.24) is 25.3 Å². The van der Waals surface area contributed by atoms with Gasteiger partial charge in [-0.1, -0.05) is 73.2 Å². The summed E-state index contributed by atoms with van der Waals surface area (Å²) in [5, 5.41) is 20.6. The van der Waals surface area contributed by atoms with E-state index < -0.39 is 48.2 Å². The molecule has 470 valence electrons. The predicted molar refractivity (Wildman–Crippen MR) is 331 cm³/mol. The van der Waals surface area contributed by atoms with Crippen molar-refractivity contribution in [2.45, 2.75) is 120 Å². The van der Waals surface area contributed by atoms with Crippen molar-refractivity contribution in [3.05, 3.63) is 138 Å². The number of benzene rings is 4. The number of anilines is 2. The van der Waals surface area contributed by atoms with Crippen LogP contribution in [0, 0.1) is 0 Å². The molecule has 0 unspecified atom stereocenters. The molecule has 0 aliphatic carbocycles. The third-order valence-corrected chi connectivity index (χ3v) is 16.2. The SMILES string of the molecule is C=C1C[C@H]2C=Nc3cc(OCCCCCOc4cc5c(cc4OC)C(=O)N4CC(=C)C[C@H]4[C@H](O)N5C(=O)OCc4ccc(NC(=O)[C@H](CCCCN)NC(=O)[C@H](Cc5ccccc5)NC(=O)CCCCCN5C(=O)C=CC5=O)cc4)c(OC)cc3C(=O)N2C1. The molecule has 2 fully saturated rings. The molecule has 0 saturated carbocycles. The van der Waals surface area contributed by atoms with Gasteiger partial charge in [0.25, 0.3) is 23.6 Å². The van der Waals surface area contributed by atoms with Crippen molar-refractivity contribution >= 4 is 70.7 Å². The number of aliphatic hydroxyl groups excluding tert-OH is 1. The van der Waals surface area contributed by atoms with E-state index in [0.29, 0.717) is 117 Å². The zero-order valence-electron chi connectivity index (χ0n) is 50.2. The van der Waals surface area contributed by atoms with E-state index in [2.05, 4.69) is 34.1 Å². The highest BCUT2D eigenvalue weighted by Gasteiger charge is 2.46. The lowest BCUT2D eigenvalue weighted by molar-refractivity contribution is -0.137. The Bertz CT molecular complexity index is 3370. The third-order valence-electron chi connectivity index (χ3n) is 16.2. The van der Waals surface area contributed by atoms with Crippen LogP contribution in [-0.4, -0.2) is 157 Å². The monoisotopic (exact) mass is 1220 g/mol. The van der Waals surface area contributed by atoms with Gasteiger partial charge in [0.2, 0.25) is 17.7 Å². The number of nitrogens with zero attached hydrogens (tertiary/aromatic N) is 5. The molecule has 4 aromatic carbocycles. The van der Waals surface area contributed by atoms with Gasteiger partial charge in [-0.25, -0.2) is 9.69 Å². The van der Waals surface area contributed by atoms with Crippen LogP contribution in [0.3, 0.4) is 0 Å². The summed E-state index contributed by atoms with van der Waals surface area (Å²) in [5.41, 5.74) is 10.3. The van der Waals surface area contributed by atoms with Crippen LogP contribution in [0.15, 0.2) is 120 Å². The fourth-order valence-electron chi connectivity index (χ4n) is 11.4. The van der Waals surface area contributed by atoms with E-state index in [-0.39, 0.29) is 104 Å². The molecule has 0 bridgehead atoms. The highest BCUT2D eigenvalue weighted by atomic mass is 16.6. The second kappa shape index (κ2) is 30.0. The molecule has 0 aromatic heterocycles. The summed E-state index contributed by atoms with van der Waals surface area (Å²) in [5.74, 6) is -1.38. The molecule has 23 nitrogen and oxygen atoms in total. The zero-order chi connectivity index (χ0) is 63.1. The van der Waals surface area contributed by atoms with Crippen LogP contribution < -0.4 is 45.5 Å². The van der Waals surface area contributed by atoms with E-state index in [1.54, 1.807) is 47.5 Å². The highest BCUT2D eigenvalue weighted by Crippen LogP contribution is 2.43. The average Bonchev–Trinajstić information content (AvgIpc) is 3.19. The lowest BCUT2D eigenvalue weighted by atomic mass is 10.0. The lowest BCUT2D eigenvalue weighted by Gasteiger charge is -2.31. The minimum atomic E-state index is -1.54. The van der Waals surface area contributed by atoms with E-state index in [1.165, 1.54) is 43.4 Å². The molecule has 0 spiro atoms. The Kier molecular flexibility index (Phi) is 21.6. The summed E-state index contributed by atoms with van der Waals surface area (Å²) in [6.45, 7) is 9.68. The molecule has 4 aromatic rings. The van der Waals surface area contributed by atoms with E-state index in [4.69, 9.17) is 29.4 Å². The maximum atomic E-state index is 14.3. The number of hydrogen-bond donors (Lipinski definition) is 5. The molecule has 5 aliphatic rings. The summed E-state index contributed by atoms with van der Waals surface area (Å²) in [4.78, 5) is 117. The van der Waals surface area contributed by atoms with Crippen LogP contribution in [0.4, 0.5) is 21.9 Å². The smallest absolute Gasteiger partial charge is 0.416 e. The van der Waals surface area contributed by atoms with Crippen molar-refractivity contribution in [2.75, 3.05) is 63.8 Å². The van der Waals surface area contributed by atoms with Gasteiger partial charge in [-0.05, 0) is 106 Å². The summed E-state index contributed by atoms with van der Waals surface area (Å²) in [7, 11) is 2.96. The van der Waals surface area contributed by atoms with E-state index in [1.807, 2.05) is 30.3 Å². The van der Waals surface area contributed by atoms with Gasteiger partial charge in [-0.3, -0.25) is 43.5 Å².